The van der Waals surface area contributed by atoms with Crippen LogP contribution in [0.5, 0.6) is 0 Å². The van der Waals surface area contributed by atoms with Crippen molar-refractivity contribution < 1.29 is 27.5 Å². The number of carbonyl (C=O) groups is 3. The number of piperidine rings is 1. The summed E-state index contributed by atoms with van der Waals surface area (Å²) in [5.74, 6) is -1.76. The zero-order chi connectivity index (χ0) is 21.4. The van der Waals surface area contributed by atoms with Crippen molar-refractivity contribution in [2.24, 2.45) is 0 Å². The van der Waals surface area contributed by atoms with Crippen molar-refractivity contribution in [2.45, 2.75) is 50.1 Å². The van der Waals surface area contributed by atoms with Gasteiger partial charge in [0.2, 0.25) is 15.9 Å². The Morgan fingerprint density at radius 1 is 1.14 bits per heavy atom. The van der Waals surface area contributed by atoms with Gasteiger partial charge in [-0.25, -0.2) is 8.42 Å². The van der Waals surface area contributed by atoms with E-state index in [2.05, 4.69) is 10.6 Å². The molecule has 0 unspecified atom stereocenters. The lowest BCUT2D eigenvalue weighted by Crippen LogP contribution is -2.49. The van der Waals surface area contributed by atoms with Crippen molar-refractivity contribution >= 4 is 27.8 Å². The summed E-state index contributed by atoms with van der Waals surface area (Å²) in [5.41, 5.74) is 0. The molecule has 0 spiro atoms. The first-order valence-corrected chi connectivity index (χ1v) is 11.0. The first-order chi connectivity index (χ1) is 13.7. The number of rotatable bonds is 8. The Bertz CT molecular complexity index is 826. The molecule has 2 amide bonds. The van der Waals surface area contributed by atoms with Crippen molar-refractivity contribution in [2.75, 3.05) is 19.7 Å². The van der Waals surface area contributed by atoms with Gasteiger partial charge in [0, 0.05) is 12.6 Å². The standard InChI is InChI=1S/C19H27N3O6S/c1-14(2)21-17(23)12-20-18(24)13-28-19(25)16-10-6-7-11-22(16)29(26,27)15-8-4-3-5-9-15/h3-5,8-9,14,16H,6-7,10-13H2,1-2H3,(H,20,24)(H,21,23)/t16-/m0/s1. The third-order valence-corrected chi connectivity index (χ3v) is 6.24. The van der Waals surface area contributed by atoms with E-state index in [9.17, 15) is 22.8 Å². The van der Waals surface area contributed by atoms with Crippen molar-refractivity contribution in [1.82, 2.24) is 14.9 Å². The molecule has 1 atom stereocenters. The van der Waals surface area contributed by atoms with Crippen LogP contribution in [-0.4, -0.2) is 62.3 Å². The van der Waals surface area contributed by atoms with Crippen LogP contribution in [0.3, 0.4) is 0 Å². The fourth-order valence-electron chi connectivity index (χ4n) is 2.99. The third-order valence-electron chi connectivity index (χ3n) is 4.32. The van der Waals surface area contributed by atoms with Crippen molar-refractivity contribution in [3.05, 3.63) is 30.3 Å². The van der Waals surface area contributed by atoms with Crippen molar-refractivity contribution in [3.8, 4) is 0 Å². The zero-order valence-electron chi connectivity index (χ0n) is 16.6. The summed E-state index contributed by atoms with van der Waals surface area (Å²) < 4.78 is 32.0. The molecule has 1 fully saturated rings. The number of nitrogens with one attached hydrogen (secondary N) is 2. The van der Waals surface area contributed by atoms with Crippen LogP contribution in [0.25, 0.3) is 0 Å². The number of esters is 1. The second-order valence-corrected chi connectivity index (χ2v) is 8.94. The second-order valence-electron chi connectivity index (χ2n) is 7.05. The van der Waals surface area contributed by atoms with Crippen LogP contribution in [0.15, 0.2) is 35.2 Å². The Morgan fingerprint density at radius 3 is 2.48 bits per heavy atom. The number of carbonyl (C=O) groups excluding carboxylic acids is 3. The predicted octanol–water partition coefficient (Wildman–Crippen LogP) is 0.414. The molecule has 0 bridgehead atoms. The first-order valence-electron chi connectivity index (χ1n) is 9.51. The quantitative estimate of drug-likeness (QED) is 0.582. The molecule has 2 rings (SSSR count). The summed E-state index contributed by atoms with van der Waals surface area (Å²) in [6.45, 7) is 2.98. The number of benzene rings is 1. The Balaban J connectivity index is 1.94. The first kappa shape index (κ1) is 22.8. The highest BCUT2D eigenvalue weighted by Crippen LogP contribution is 2.26. The third kappa shape index (κ3) is 6.53. The van der Waals surface area contributed by atoms with Gasteiger partial charge in [0.25, 0.3) is 5.91 Å². The number of hydrogen-bond donors (Lipinski definition) is 2. The molecule has 29 heavy (non-hydrogen) atoms. The van der Waals surface area contributed by atoms with Crippen LogP contribution < -0.4 is 10.6 Å². The average molecular weight is 426 g/mol. The molecular formula is C19H27N3O6S. The molecule has 1 aromatic rings. The van der Waals surface area contributed by atoms with Gasteiger partial charge in [0.1, 0.15) is 6.04 Å². The molecule has 1 saturated heterocycles. The average Bonchev–Trinajstić information content (AvgIpc) is 2.70. The van der Waals surface area contributed by atoms with Crippen LogP contribution in [0.4, 0.5) is 0 Å². The summed E-state index contributed by atoms with van der Waals surface area (Å²) in [7, 11) is -3.85. The Morgan fingerprint density at radius 2 is 1.83 bits per heavy atom. The number of amides is 2. The minimum absolute atomic E-state index is 0.0546. The maximum absolute atomic E-state index is 12.9. The maximum Gasteiger partial charge on any atom is 0.324 e. The van der Waals surface area contributed by atoms with Crippen molar-refractivity contribution in [3.63, 3.8) is 0 Å². The fourth-order valence-corrected chi connectivity index (χ4v) is 4.66. The van der Waals surface area contributed by atoms with Gasteiger partial charge in [-0.05, 0) is 45.2 Å². The highest BCUT2D eigenvalue weighted by atomic mass is 32.2. The monoisotopic (exact) mass is 425 g/mol. The molecular weight excluding hydrogens is 398 g/mol. The van der Waals surface area contributed by atoms with Gasteiger partial charge in [0.15, 0.2) is 6.61 Å². The summed E-state index contributed by atoms with van der Waals surface area (Å²) in [6.07, 6.45) is 1.65. The minimum Gasteiger partial charge on any atom is -0.454 e. The topological polar surface area (TPSA) is 122 Å². The molecule has 1 aliphatic heterocycles. The molecule has 1 aliphatic rings. The summed E-state index contributed by atoms with van der Waals surface area (Å²) >= 11 is 0. The Kier molecular flexibility index (Phi) is 8.15. The molecule has 0 radical (unpaired) electrons. The molecule has 0 saturated carbocycles. The number of ether oxygens (including phenoxy) is 1. The van der Waals surface area contributed by atoms with E-state index < -0.39 is 34.5 Å². The van der Waals surface area contributed by atoms with E-state index >= 15 is 0 Å². The molecule has 160 valence electrons. The zero-order valence-corrected chi connectivity index (χ0v) is 17.4. The van der Waals surface area contributed by atoms with Gasteiger partial charge in [-0.15, -0.1) is 0 Å². The fraction of sp³-hybridized carbons (Fsp3) is 0.526. The molecule has 1 aromatic carbocycles. The van der Waals surface area contributed by atoms with Gasteiger partial charge in [-0.3, -0.25) is 14.4 Å². The van der Waals surface area contributed by atoms with E-state index in [1.54, 1.807) is 32.0 Å². The Hall–Kier alpha value is -2.46. The van der Waals surface area contributed by atoms with E-state index in [0.717, 1.165) is 4.31 Å². The normalized spacial score (nSPS) is 17.6. The van der Waals surface area contributed by atoms with E-state index in [0.29, 0.717) is 19.3 Å². The van der Waals surface area contributed by atoms with Crippen molar-refractivity contribution in [1.29, 1.82) is 0 Å². The number of hydrogen-bond acceptors (Lipinski definition) is 6. The van der Waals surface area contributed by atoms with E-state index in [1.807, 2.05) is 0 Å². The van der Waals surface area contributed by atoms with Crippen LogP contribution in [-0.2, 0) is 29.1 Å². The SMILES string of the molecule is CC(C)NC(=O)CNC(=O)COC(=O)[C@@H]1CCCCN1S(=O)(=O)c1ccccc1. The lowest BCUT2D eigenvalue weighted by atomic mass is 10.1. The molecule has 1 heterocycles. The molecule has 10 heteroatoms. The highest BCUT2D eigenvalue weighted by Gasteiger charge is 2.38. The smallest absolute Gasteiger partial charge is 0.324 e. The highest BCUT2D eigenvalue weighted by molar-refractivity contribution is 7.89. The minimum atomic E-state index is -3.85. The van der Waals surface area contributed by atoms with Gasteiger partial charge in [-0.1, -0.05) is 18.2 Å². The van der Waals surface area contributed by atoms with Crippen LogP contribution in [0.2, 0.25) is 0 Å². The molecule has 0 aromatic heterocycles. The van der Waals surface area contributed by atoms with Crippen LogP contribution in [0.1, 0.15) is 33.1 Å². The van der Waals surface area contributed by atoms with Gasteiger partial charge >= 0.3 is 5.97 Å². The summed E-state index contributed by atoms with van der Waals surface area (Å²) in [5, 5.41) is 4.97. The lowest BCUT2D eigenvalue weighted by Gasteiger charge is -2.32. The van der Waals surface area contributed by atoms with Gasteiger partial charge in [-0.2, -0.15) is 4.31 Å². The lowest BCUT2D eigenvalue weighted by molar-refractivity contribution is -0.153. The number of sulfonamides is 1. The largest absolute Gasteiger partial charge is 0.454 e. The predicted molar refractivity (Wildman–Crippen MR) is 105 cm³/mol. The molecule has 0 aliphatic carbocycles. The van der Waals surface area contributed by atoms with E-state index in [-0.39, 0.29) is 29.9 Å². The Labute approximate surface area is 170 Å². The number of nitrogens with zero attached hydrogens (tertiary/aromatic N) is 1. The van der Waals surface area contributed by atoms with Crippen LogP contribution in [0, 0.1) is 0 Å². The van der Waals surface area contributed by atoms with Crippen LogP contribution >= 0.6 is 0 Å². The van der Waals surface area contributed by atoms with E-state index in [1.165, 1.54) is 12.1 Å². The maximum atomic E-state index is 12.9. The second kappa shape index (κ2) is 10.4. The van der Waals surface area contributed by atoms with E-state index in [4.69, 9.17) is 4.74 Å². The van der Waals surface area contributed by atoms with Gasteiger partial charge in [0.05, 0.1) is 11.4 Å². The molecule has 2 N–H and O–H groups in total. The van der Waals surface area contributed by atoms with Gasteiger partial charge < -0.3 is 15.4 Å². The summed E-state index contributed by atoms with van der Waals surface area (Å²) in [6, 6.07) is 6.85. The summed E-state index contributed by atoms with van der Waals surface area (Å²) in [4.78, 5) is 35.9. The molecule has 9 nitrogen and oxygen atoms in total.